The van der Waals surface area contributed by atoms with Crippen molar-refractivity contribution >= 4 is 6.09 Å². The highest BCUT2D eigenvalue weighted by Crippen LogP contribution is 2.44. The van der Waals surface area contributed by atoms with Crippen LogP contribution in [-0.4, -0.2) is 29.7 Å². The van der Waals surface area contributed by atoms with Crippen LogP contribution in [0.1, 0.15) is 46.5 Å². The molecule has 0 aromatic heterocycles. The summed E-state index contributed by atoms with van der Waals surface area (Å²) in [5.74, 6) is 0. The molecule has 0 aromatic rings. The predicted octanol–water partition coefficient (Wildman–Crippen LogP) is 3.25. The fourth-order valence-electron chi connectivity index (χ4n) is 2.63. The molecule has 1 aliphatic carbocycles. The van der Waals surface area contributed by atoms with Crippen LogP contribution in [0.4, 0.5) is 4.79 Å². The average molecular weight is 262 g/mol. The molecule has 0 saturated carbocycles. The van der Waals surface area contributed by atoms with E-state index in [1.165, 1.54) is 5.57 Å². The van der Waals surface area contributed by atoms with Crippen molar-refractivity contribution in [3.8, 4) is 6.07 Å². The van der Waals surface area contributed by atoms with Crippen molar-refractivity contribution in [2.75, 3.05) is 13.1 Å². The maximum atomic E-state index is 12.0. The van der Waals surface area contributed by atoms with Gasteiger partial charge in [-0.05, 0) is 46.5 Å². The summed E-state index contributed by atoms with van der Waals surface area (Å²) in [4.78, 5) is 13.7. The molecule has 1 aliphatic heterocycles. The molecule has 4 nitrogen and oxygen atoms in total. The van der Waals surface area contributed by atoms with Crippen LogP contribution in [0.25, 0.3) is 0 Å². The fraction of sp³-hybridized carbons (Fsp3) is 0.733. The van der Waals surface area contributed by atoms with E-state index in [-0.39, 0.29) is 11.5 Å². The van der Waals surface area contributed by atoms with Gasteiger partial charge in [0.05, 0.1) is 11.5 Å². The summed E-state index contributed by atoms with van der Waals surface area (Å²) in [6, 6.07) is 2.48. The third kappa shape index (κ3) is 2.91. The van der Waals surface area contributed by atoms with E-state index in [2.05, 4.69) is 12.1 Å². The van der Waals surface area contributed by atoms with E-state index in [1.807, 2.05) is 20.8 Å². The first-order chi connectivity index (χ1) is 8.86. The lowest BCUT2D eigenvalue weighted by Gasteiger charge is -2.41. The number of carbonyl (C=O) groups is 1. The first-order valence-electron chi connectivity index (χ1n) is 6.95. The topological polar surface area (TPSA) is 53.3 Å². The lowest BCUT2D eigenvalue weighted by molar-refractivity contribution is 0.0164. The summed E-state index contributed by atoms with van der Waals surface area (Å²) in [7, 11) is 0. The number of likely N-dealkylation sites (tertiary alicyclic amines) is 1. The summed E-state index contributed by atoms with van der Waals surface area (Å²) in [5.41, 5.74) is 0.493. The Morgan fingerprint density at radius 2 is 2.00 bits per heavy atom. The van der Waals surface area contributed by atoms with Crippen LogP contribution in [0.5, 0.6) is 0 Å². The van der Waals surface area contributed by atoms with E-state index in [0.29, 0.717) is 13.1 Å². The Hall–Kier alpha value is -1.50. The zero-order valence-corrected chi connectivity index (χ0v) is 12.0. The highest BCUT2D eigenvalue weighted by molar-refractivity contribution is 5.68. The monoisotopic (exact) mass is 262 g/mol. The van der Waals surface area contributed by atoms with E-state index >= 15 is 0 Å². The van der Waals surface area contributed by atoms with Gasteiger partial charge in [0.2, 0.25) is 0 Å². The molecule has 1 saturated heterocycles. The van der Waals surface area contributed by atoms with Crippen molar-refractivity contribution in [1.29, 1.82) is 5.26 Å². The highest BCUT2D eigenvalue weighted by Gasteiger charge is 2.41. The van der Waals surface area contributed by atoms with Gasteiger partial charge in [-0.3, -0.25) is 0 Å². The number of hydrogen-bond acceptors (Lipinski definition) is 3. The molecule has 0 N–H and O–H groups in total. The SMILES string of the molecule is CC(C)(C)OC(=O)N1CCC(C#N)(C2=CCC2)CC1. The normalized spacial score (nSPS) is 22.0. The predicted molar refractivity (Wildman–Crippen MR) is 72.4 cm³/mol. The van der Waals surface area contributed by atoms with Gasteiger partial charge in [0.25, 0.3) is 0 Å². The minimum atomic E-state index is -0.461. The smallest absolute Gasteiger partial charge is 0.410 e. The molecule has 2 aliphatic rings. The van der Waals surface area contributed by atoms with Crippen molar-refractivity contribution < 1.29 is 9.53 Å². The average Bonchev–Trinajstić information content (AvgIpc) is 2.25. The van der Waals surface area contributed by atoms with Crippen LogP contribution in [0.15, 0.2) is 11.6 Å². The Morgan fingerprint density at radius 1 is 1.42 bits per heavy atom. The molecule has 0 atom stereocenters. The number of amides is 1. The van der Waals surface area contributed by atoms with Gasteiger partial charge in [-0.15, -0.1) is 0 Å². The quantitative estimate of drug-likeness (QED) is 0.682. The molecular formula is C15H22N2O2. The molecule has 19 heavy (non-hydrogen) atoms. The van der Waals surface area contributed by atoms with E-state index < -0.39 is 5.60 Å². The van der Waals surface area contributed by atoms with Gasteiger partial charge in [0.1, 0.15) is 5.60 Å². The number of rotatable bonds is 1. The molecule has 0 spiro atoms. The van der Waals surface area contributed by atoms with Crippen molar-refractivity contribution in [3.63, 3.8) is 0 Å². The zero-order valence-electron chi connectivity index (χ0n) is 12.0. The Morgan fingerprint density at radius 3 is 2.37 bits per heavy atom. The molecule has 1 amide bonds. The number of hydrogen-bond donors (Lipinski definition) is 0. The van der Waals surface area contributed by atoms with Gasteiger partial charge >= 0.3 is 6.09 Å². The van der Waals surface area contributed by atoms with Crippen LogP contribution < -0.4 is 0 Å². The second-order valence-electron chi connectivity index (χ2n) is 6.43. The van der Waals surface area contributed by atoms with Crippen molar-refractivity contribution in [1.82, 2.24) is 4.90 Å². The lowest BCUT2D eigenvalue weighted by atomic mass is 9.68. The molecule has 0 unspecified atom stereocenters. The van der Waals surface area contributed by atoms with Crippen molar-refractivity contribution in [3.05, 3.63) is 11.6 Å². The Bertz CT molecular complexity index is 432. The lowest BCUT2D eigenvalue weighted by Crippen LogP contribution is -2.45. The summed E-state index contributed by atoms with van der Waals surface area (Å²) in [6.45, 7) is 6.83. The molecule has 1 fully saturated rings. The van der Waals surface area contributed by atoms with Gasteiger partial charge in [0.15, 0.2) is 0 Å². The highest BCUT2D eigenvalue weighted by atomic mass is 16.6. The van der Waals surface area contributed by atoms with E-state index in [1.54, 1.807) is 4.90 Å². The number of piperidine rings is 1. The Balaban J connectivity index is 1.95. The van der Waals surface area contributed by atoms with E-state index in [9.17, 15) is 10.1 Å². The standard InChI is InChI=1S/C15H22N2O2/c1-14(2,3)19-13(18)17-9-7-15(11-16,8-10-17)12-5-4-6-12/h5H,4,6-10H2,1-3H3. The van der Waals surface area contributed by atoms with Crippen LogP contribution in [0.2, 0.25) is 0 Å². The van der Waals surface area contributed by atoms with Gasteiger partial charge in [-0.25, -0.2) is 4.79 Å². The zero-order chi connectivity index (χ0) is 14.1. The number of allylic oxidation sites excluding steroid dienone is 2. The third-order valence-electron chi connectivity index (χ3n) is 3.90. The molecule has 104 valence electrons. The van der Waals surface area contributed by atoms with Crippen LogP contribution >= 0.6 is 0 Å². The minimum absolute atomic E-state index is 0.262. The summed E-state index contributed by atoms with van der Waals surface area (Å²) in [5, 5.41) is 9.46. The number of nitriles is 1. The van der Waals surface area contributed by atoms with Crippen molar-refractivity contribution in [2.24, 2.45) is 5.41 Å². The molecule has 0 aromatic carbocycles. The fourth-order valence-corrected chi connectivity index (χ4v) is 2.63. The first-order valence-corrected chi connectivity index (χ1v) is 6.95. The van der Waals surface area contributed by atoms with Gasteiger partial charge in [0, 0.05) is 13.1 Å². The molecule has 0 radical (unpaired) electrons. The number of nitrogens with zero attached hydrogens (tertiary/aromatic N) is 2. The number of carbonyl (C=O) groups excluding carboxylic acids is 1. The van der Waals surface area contributed by atoms with Crippen LogP contribution in [0.3, 0.4) is 0 Å². The van der Waals surface area contributed by atoms with E-state index in [4.69, 9.17) is 4.74 Å². The molecule has 4 heteroatoms. The summed E-state index contributed by atoms with van der Waals surface area (Å²) in [6.07, 6.45) is 5.51. The van der Waals surface area contributed by atoms with Gasteiger partial charge in [-0.1, -0.05) is 11.6 Å². The largest absolute Gasteiger partial charge is 0.444 e. The first kappa shape index (κ1) is 13.9. The molecule has 2 rings (SSSR count). The summed E-state index contributed by atoms with van der Waals surface area (Å²) >= 11 is 0. The third-order valence-corrected chi connectivity index (χ3v) is 3.90. The van der Waals surface area contributed by atoms with Crippen molar-refractivity contribution in [2.45, 2.75) is 52.1 Å². The molecule has 1 heterocycles. The maximum Gasteiger partial charge on any atom is 0.410 e. The van der Waals surface area contributed by atoms with Crippen LogP contribution in [-0.2, 0) is 4.74 Å². The second kappa shape index (κ2) is 4.88. The van der Waals surface area contributed by atoms with Crippen LogP contribution in [0, 0.1) is 16.7 Å². The maximum absolute atomic E-state index is 12.0. The second-order valence-corrected chi connectivity index (χ2v) is 6.43. The minimum Gasteiger partial charge on any atom is -0.444 e. The van der Waals surface area contributed by atoms with Gasteiger partial charge < -0.3 is 9.64 Å². The van der Waals surface area contributed by atoms with Gasteiger partial charge in [-0.2, -0.15) is 5.26 Å². The Kier molecular flexibility index (Phi) is 3.58. The molecule has 0 bridgehead atoms. The van der Waals surface area contributed by atoms with E-state index in [0.717, 1.165) is 25.7 Å². The molecular weight excluding hydrogens is 240 g/mol. The summed E-state index contributed by atoms with van der Waals surface area (Å²) < 4.78 is 5.37. The Labute approximate surface area is 115 Å². The number of ether oxygens (including phenoxy) is 1.